The quantitative estimate of drug-likeness (QED) is 0.203. The van der Waals surface area contributed by atoms with Crippen LogP contribution >= 0.6 is 0 Å². The number of rotatable bonds is 12. The van der Waals surface area contributed by atoms with Gasteiger partial charge in [0, 0.05) is 6.42 Å². The average Bonchev–Trinajstić information content (AvgIpc) is 3.19. The summed E-state index contributed by atoms with van der Waals surface area (Å²) in [6, 6.07) is 0. The number of aliphatic hydroxyl groups excluding tert-OH is 2. The van der Waals surface area contributed by atoms with Crippen LogP contribution in [0, 0.1) is 11.8 Å². The maximum Gasteiger partial charge on any atom is 0.303 e. The molecule has 4 atom stereocenters. The summed E-state index contributed by atoms with van der Waals surface area (Å²) in [5.74, 6) is -0.221. The molecule has 32 heavy (non-hydrogen) atoms. The summed E-state index contributed by atoms with van der Waals surface area (Å²) in [5.41, 5.74) is 0. The van der Waals surface area contributed by atoms with Crippen molar-refractivity contribution < 1.29 is 20.1 Å². The van der Waals surface area contributed by atoms with Crippen molar-refractivity contribution in [3.05, 3.63) is 24.3 Å². The van der Waals surface area contributed by atoms with Crippen LogP contribution in [0.3, 0.4) is 0 Å². The van der Waals surface area contributed by atoms with Crippen LogP contribution in [0.1, 0.15) is 127 Å². The van der Waals surface area contributed by atoms with Crippen LogP contribution in [0.2, 0.25) is 0 Å². The molecule has 194 valence electrons. The highest BCUT2D eigenvalue weighted by atomic mass is 16.4. The summed E-state index contributed by atoms with van der Waals surface area (Å²) >= 11 is 0. The third-order valence-electron chi connectivity index (χ3n) is 4.86. The van der Waals surface area contributed by atoms with Crippen molar-refractivity contribution >= 4 is 5.97 Å². The molecule has 0 aromatic rings. The summed E-state index contributed by atoms with van der Waals surface area (Å²) in [6.07, 6.45) is 15.9. The van der Waals surface area contributed by atoms with Crippen LogP contribution in [-0.2, 0) is 4.79 Å². The van der Waals surface area contributed by atoms with E-state index in [9.17, 15) is 15.0 Å². The van der Waals surface area contributed by atoms with Gasteiger partial charge in [0.25, 0.3) is 0 Å². The minimum Gasteiger partial charge on any atom is -0.481 e. The SMILES string of the molecule is CC.CC.CC.CC.CCCCC[C@H](O)/C=C/[C@H]1CC[C@H](O)[C@@H]1C/C=C\CCCC(=O)O. The van der Waals surface area contributed by atoms with Gasteiger partial charge in [-0.05, 0) is 50.4 Å². The van der Waals surface area contributed by atoms with Crippen molar-refractivity contribution in [2.45, 2.75) is 139 Å². The van der Waals surface area contributed by atoms with E-state index in [1.165, 1.54) is 0 Å². The Balaban J connectivity index is -0.000000439. The molecule has 1 fully saturated rings. The fraction of sp³-hybridized carbons (Fsp3) is 0.821. The highest BCUT2D eigenvalue weighted by Gasteiger charge is 2.32. The molecule has 0 aromatic heterocycles. The number of allylic oxidation sites excluding steroid dienone is 3. The summed E-state index contributed by atoms with van der Waals surface area (Å²) < 4.78 is 0. The molecule has 4 heteroatoms. The largest absolute Gasteiger partial charge is 0.481 e. The highest BCUT2D eigenvalue weighted by molar-refractivity contribution is 5.66. The number of carboxylic acid groups (broad SMARTS) is 1. The number of aliphatic hydroxyl groups is 2. The van der Waals surface area contributed by atoms with Gasteiger partial charge in [-0.25, -0.2) is 0 Å². The molecule has 0 saturated heterocycles. The number of carbonyl (C=O) groups is 1. The fourth-order valence-electron chi connectivity index (χ4n) is 3.36. The lowest BCUT2D eigenvalue weighted by atomic mass is 9.90. The van der Waals surface area contributed by atoms with E-state index in [2.05, 4.69) is 19.1 Å². The second kappa shape index (κ2) is 32.1. The van der Waals surface area contributed by atoms with Crippen molar-refractivity contribution in [1.82, 2.24) is 0 Å². The molecule has 0 heterocycles. The van der Waals surface area contributed by atoms with Gasteiger partial charge in [0.05, 0.1) is 12.2 Å². The third-order valence-corrected chi connectivity index (χ3v) is 4.86. The van der Waals surface area contributed by atoms with Gasteiger partial charge >= 0.3 is 5.97 Å². The molecule has 1 saturated carbocycles. The van der Waals surface area contributed by atoms with Gasteiger partial charge < -0.3 is 15.3 Å². The standard InChI is InChI=1S/C20H34O4.4C2H6/c1-2-3-6-9-17(21)14-12-16-13-15-19(22)18(16)10-7-4-5-8-11-20(23)24;4*1-2/h4,7,12,14,16-19,21-22H,2-3,5-6,8-11,13,15H2,1H3,(H,23,24);4*1-2H3/b7-4-,14-12+;;;;/t16-,17-,18+,19-;;;;/m0..../s1. The summed E-state index contributed by atoms with van der Waals surface area (Å²) in [5, 5.41) is 28.8. The fourth-order valence-corrected chi connectivity index (χ4v) is 3.36. The molecule has 0 radical (unpaired) electrons. The molecule has 1 aliphatic carbocycles. The van der Waals surface area contributed by atoms with E-state index in [4.69, 9.17) is 5.11 Å². The second-order valence-corrected chi connectivity index (χ2v) is 6.91. The Kier molecular flexibility index (Phi) is 38.2. The minimum atomic E-state index is -0.752. The number of hydrogen-bond donors (Lipinski definition) is 3. The van der Waals surface area contributed by atoms with E-state index in [-0.39, 0.29) is 24.5 Å². The molecule has 0 aromatic carbocycles. The molecule has 0 bridgehead atoms. The zero-order valence-corrected chi connectivity index (χ0v) is 22.9. The molecule has 0 unspecified atom stereocenters. The first-order valence-corrected chi connectivity index (χ1v) is 13.5. The third kappa shape index (κ3) is 23.5. The zero-order chi connectivity index (χ0) is 25.8. The zero-order valence-electron chi connectivity index (χ0n) is 22.9. The highest BCUT2D eigenvalue weighted by Crippen LogP contribution is 2.36. The van der Waals surface area contributed by atoms with Gasteiger partial charge in [-0.1, -0.05) is 106 Å². The lowest BCUT2D eigenvalue weighted by Crippen LogP contribution is -2.17. The second-order valence-electron chi connectivity index (χ2n) is 6.91. The molecule has 0 amide bonds. The Morgan fingerprint density at radius 1 is 0.938 bits per heavy atom. The monoisotopic (exact) mass is 458 g/mol. The van der Waals surface area contributed by atoms with Crippen molar-refractivity contribution in [2.24, 2.45) is 11.8 Å². The minimum absolute atomic E-state index is 0.206. The molecule has 0 spiro atoms. The number of unbranched alkanes of at least 4 members (excludes halogenated alkanes) is 3. The normalized spacial score (nSPS) is 20.0. The van der Waals surface area contributed by atoms with Crippen LogP contribution < -0.4 is 0 Å². The molecule has 3 N–H and O–H groups in total. The van der Waals surface area contributed by atoms with Crippen LogP contribution in [0.25, 0.3) is 0 Å². The Morgan fingerprint density at radius 2 is 1.53 bits per heavy atom. The van der Waals surface area contributed by atoms with Gasteiger partial charge in [-0.15, -0.1) is 0 Å². The lowest BCUT2D eigenvalue weighted by molar-refractivity contribution is -0.137. The summed E-state index contributed by atoms with van der Waals surface area (Å²) in [6.45, 7) is 18.2. The topological polar surface area (TPSA) is 77.8 Å². The van der Waals surface area contributed by atoms with E-state index in [1.54, 1.807) is 0 Å². The van der Waals surface area contributed by atoms with Crippen LogP contribution in [0.4, 0.5) is 0 Å². The number of aliphatic carboxylic acids is 1. The molecule has 4 nitrogen and oxygen atoms in total. The Morgan fingerprint density at radius 3 is 2.06 bits per heavy atom. The Bertz CT molecular complexity index is 404. The van der Waals surface area contributed by atoms with Gasteiger partial charge in [0.15, 0.2) is 0 Å². The Hall–Kier alpha value is -1.13. The van der Waals surface area contributed by atoms with E-state index in [0.717, 1.165) is 51.4 Å². The van der Waals surface area contributed by atoms with E-state index in [0.29, 0.717) is 12.3 Å². The molecule has 0 aliphatic heterocycles. The molecule has 1 aliphatic rings. The molecule has 1 rings (SSSR count). The van der Waals surface area contributed by atoms with Gasteiger partial charge in [-0.2, -0.15) is 0 Å². The van der Waals surface area contributed by atoms with E-state index >= 15 is 0 Å². The van der Waals surface area contributed by atoms with Gasteiger partial charge in [-0.3, -0.25) is 4.79 Å². The predicted molar refractivity (Wildman–Crippen MR) is 142 cm³/mol. The first-order valence-electron chi connectivity index (χ1n) is 13.5. The Labute approximate surface area is 201 Å². The maximum atomic E-state index is 10.5. The van der Waals surface area contributed by atoms with Crippen LogP contribution in [0.5, 0.6) is 0 Å². The lowest BCUT2D eigenvalue weighted by Gasteiger charge is -2.18. The van der Waals surface area contributed by atoms with Gasteiger partial charge in [0.2, 0.25) is 0 Å². The van der Waals surface area contributed by atoms with Gasteiger partial charge in [0.1, 0.15) is 0 Å². The smallest absolute Gasteiger partial charge is 0.303 e. The number of hydrogen-bond acceptors (Lipinski definition) is 3. The van der Waals surface area contributed by atoms with Crippen LogP contribution in [0.15, 0.2) is 24.3 Å². The van der Waals surface area contributed by atoms with Crippen molar-refractivity contribution in [2.75, 3.05) is 0 Å². The van der Waals surface area contributed by atoms with E-state index in [1.807, 2.05) is 67.5 Å². The molecular formula is C28H58O4. The van der Waals surface area contributed by atoms with Crippen molar-refractivity contribution in [1.29, 1.82) is 0 Å². The summed E-state index contributed by atoms with van der Waals surface area (Å²) in [4.78, 5) is 10.5. The first kappa shape index (κ1) is 38.1. The van der Waals surface area contributed by atoms with Crippen molar-refractivity contribution in [3.63, 3.8) is 0 Å². The van der Waals surface area contributed by atoms with Crippen LogP contribution in [-0.4, -0.2) is 33.5 Å². The summed E-state index contributed by atoms with van der Waals surface area (Å²) in [7, 11) is 0. The first-order chi connectivity index (χ1) is 15.5. The number of carboxylic acids is 1. The maximum absolute atomic E-state index is 10.5. The average molecular weight is 459 g/mol. The predicted octanol–water partition coefficient (Wildman–Crippen LogP) is 8.18. The molecular weight excluding hydrogens is 400 g/mol. The van der Waals surface area contributed by atoms with E-state index < -0.39 is 5.97 Å². The van der Waals surface area contributed by atoms with Crippen molar-refractivity contribution in [3.8, 4) is 0 Å².